The van der Waals surface area contributed by atoms with Gasteiger partial charge in [-0.05, 0) is 123 Å². The van der Waals surface area contributed by atoms with E-state index in [1.54, 1.807) is 69.7 Å². The third kappa shape index (κ3) is 17.9. The Morgan fingerprint density at radius 1 is 0.697 bits per heavy atom. The minimum absolute atomic E-state index is 0. The first kappa shape index (κ1) is 58.1. The van der Waals surface area contributed by atoms with Crippen LogP contribution in [0.5, 0.6) is 23.0 Å². The molecule has 4 rings (SSSR count). The molecule has 376 valence electrons. The van der Waals surface area contributed by atoms with E-state index in [0.717, 1.165) is 38.6 Å². The average Bonchev–Trinajstić information content (AvgIpc) is 3.27. The smallest absolute Gasteiger partial charge is 0.410 e. The second-order valence-corrected chi connectivity index (χ2v) is 18.1. The summed E-state index contributed by atoms with van der Waals surface area (Å²) in [6, 6.07) is 10.7. The highest BCUT2D eigenvalue weighted by Crippen LogP contribution is 2.33. The fourth-order valence-corrected chi connectivity index (χ4v) is 8.33. The lowest BCUT2D eigenvalue weighted by Crippen LogP contribution is -2.57. The summed E-state index contributed by atoms with van der Waals surface area (Å²) in [5, 5.41) is 22.2. The molecule has 2 aliphatic heterocycles. The number of carbonyl (C=O) groups is 3. The standard InChI is InChI=1S/C27H44N2O7.C22H36N2O5.ClH/c1-19(2)29(22-11-10-21(13-14-30)28(18-22)26(32)36-27(3,4)5)25(31)20-9-12-23(34-7)24(17-20)35-16-8-15-33-6;1-16(2)24(19-8-7-18(10-11-25)23-15-19)22(26)17-6-9-20(28-4)21(14-17)29-13-5-12-27-3;/h9,12,17,19,21-22,30H,8,10-11,13-16,18H2,1-7H3;6,9,14,16,18-19,23,25H,5,7-8,10-13,15H2,1-4H3;1H/t21-,22?;18-,19?;/m00./s1. The van der Waals surface area contributed by atoms with E-state index in [0.29, 0.717) is 92.4 Å². The van der Waals surface area contributed by atoms with Gasteiger partial charge in [0.2, 0.25) is 0 Å². The summed E-state index contributed by atoms with van der Waals surface area (Å²) >= 11 is 0. The molecule has 0 bridgehead atoms. The van der Waals surface area contributed by atoms with Crippen LogP contribution >= 0.6 is 12.4 Å². The molecule has 17 heteroatoms. The Balaban J connectivity index is 0.000000457. The van der Waals surface area contributed by atoms with Crippen molar-refractivity contribution >= 4 is 30.3 Å². The minimum Gasteiger partial charge on any atom is -0.493 e. The molecule has 16 nitrogen and oxygen atoms in total. The molecule has 0 saturated carbocycles. The first-order valence-electron chi connectivity index (χ1n) is 23.2. The monoisotopic (exact) mass is 953 g/mol. The topological polar surface area (TPSA) is 178 Å². The van der Waals surface area contributed by atoms with Gasteiger partial charge in [-0.1, -0.05) is 0 Å². The van der Waals surface area contributed by atoms with Crippen LogP contribution in [0.15, 0.2) is 36.4 Å². The molecule has 2 saturated heterocycles. The molecule has 0 radical (unpaired) electrons. The van der Waals surface area contributed by atoms with Crippen molar-refractivity contribution in [2.75, 3.05) is 81.2 Å². The Morgan fingerprint density at radius 2 is 1.18 bits per heavy atom. The number of halogens is 1. The van der Waals surface area contributed by atoms with E-state index in [1.165, 1.54) is 0 Å². The van der Waals surface area contributed by atoms with Crippen molar-refractivity contribution in [1.82, 2.24) is 20.0 Å². The number of hydrogen-bond acceptors (Lipinski definition) is 13. The summed E-state index contributed by atoms with van der Waals surface area (Å²) in [4.78, 5) is 45.6. The van der Waals surface area contributed by atoms with Crippen molar-refractivity contribution in [3.8, 4) is 23.0 Å². The molecule has 2 aliphatic rings. The summed E-state index contributed by atoms with van der Waals surface area (Å²) < 4.78 is 38.3. The Kier molecular flexibility index (Phi) is 26.1. The van der Waals surface area contributed by atoms with Crippen LogP contribution in [0, 0.1) is 0 Å². The minimum atomic E-state index is -0.635. The Morgan fingerprint density at radius 3 is 1.59 bits per heavy atom. The van der Waals surface area contributed by atoms with E-state index in [9.17, 15) is 19.5 Å². The van der Waals surface area contributed by atoms with E-state index in [4.69, 9.17) is 38.3 Å². The predicted molar refractivity (Wildman–Crippen MR) is 258 cm³/mol. The number of hydrogen-bond donors (Lipinski definition) is 3. The van der Waals surface area contributed by atoms with Gasteiger partial charge >= 0.3 is 6.09 Å². The number of piperidine rings is 2. The van der Waals surface area contributed by atoms with Crippen LogP contribution in [0.3, 0.4) is 0 Å². The molecule has 3 amide bonds. The van der Waals surface area contributed by atoms with Gasteiger partial charge in [0.15, 0.2) is 23.0 Å². The first-order valence-corrected chi connectivity index (χ1v) is 23.2. The number of likely N-dealkylation sites (tertiary alicyclic amines) is 1. The van der Waals surface area contributed by atoms with Gasteiger partial charge in [0.05, 0.1) is 33.5 Å². The quantitative estimate of drug-likeness (QED) is 0.103. The van der Waals surface area contributed by atoms with Crippen molar-refractivity contribution in [2.24, 2.45) is 0 Å². The van der Waals surface area contributed by atoms with Gasteiger partial charge in [-0.3, -0.25) is 9.59 Å². The Hall–Kier alpha value is -4.06. The Labute approximate surface area is 400 Å². The van der Waals surface area contributed by atoms with Gasteiger partial charge in [-0.2, -0.15) is 0 Å². The van der Waals surface area contributed by atoms with Crippen molar-refractivity contribution in [1.29, 1.82) is 0 Å². The second kappa shape index (κ2) is 29.6. The van der Waals surface area contributed by atoms with Crippen molar-refractivity contribution in [3.05, 3.63) is 47.5 Å². The highest BCUT2D eigenvalue weighted by molar-refractivity contribution is 5.96. The van der Waals surface area contributed by atoms with E-state index < -0.39 is 11.7 Å². The fourth-order valence-electron chi connectivity index (χ4n) is 8.33. The lowest BCUT2D eigenvalue weighted by Gasteiger charge is -2.45. The fraction of sp³-hybridized carbons (Fsp3) is 0.694. The molecular formula is C49H81ClN4O12. The number of methoxy groups -OCH3 is 4. The van der Waals surface area contributed by atoms with Gasteiger partial charge in [0.25, 0.3) is 11.8 Å². The summed E-state index contributed by atoms with van der Waals surface area (Å²) in [7, 11) is 6.46. The van der Waals surface area contributed by atoms with E-state index >= 15 is 0 Å². The predicted octanol–water partition coefficient (Wildman–Crippen LogP) is 7.00. The molecule has 4 atom stereocenters. The van der Waals surface area contributed by atoms with Crippen LogP contribution < -0.4 is 24.3 Å². The number of nitrogens with one attached hydrogen (secondary N) is 1. The summed E-state index contributed by atoms with van der Waals surface area (Å²) in [5.74, 6) is 2.11. The summed E-state index contributed by atoms with van der Waals surface area (Å²) in [6.07, 6.45) is 5.58. The maximum absolute atomic E-state index is 13.8. The van der Waals surface area contributed by atoms with E-state index in [1.807, 2.05) is 58.3 Å². The van der Waals surface area contributed by atoms with Crippen LogP contribution in [0.2, 0.25) is 0 Å². The number of aliphatic hydroxyl groups excluding tert-OH is 2. The van der Waals surface area contributed by atoms with Gasteiger partial charge in [-0.25, -0.2) is 4.79 Å². The summed E-state index contributed by atoms with van der Waals surface area (Å²) in [6.45, 7) is 16.9. The van der Waals surface area contributed by atoms with Crippen LogP contribution in [-0.4, -0.2) is 166 Å². The first-order chi connectivity index (χ1) is 31.0. The highest BCUT2D eigenvalue weighted by atomic mass is 35.5. The SMILES string of the molecule is COCCCOc1cc(C(=O)N(C(C)C)C2CC[C@@H](CCO)N(C(=O)OC(C)(C)C)C2)ccc1OC.COCCCOc1cc(C(=O)N(C(C)C)C2CC[C@@H](CCO)NC2)ccc1OC.Cl. The summed E-state index contributed by atoms with van der Waals surface area (Å²) in [5.41, 5.74) is 0.454. The number of rotatable bonds is 22. The lowest BCUT2D eigenvalue weighted by molar-refractivity contribution is -0.00993. The lowest BCUT2D eigenvalue weighted by atomic mass is 9.94. The molecule has 2 fully saturated rings. The van der Waals surface area contributed by atoms with Gasteiger partial charge in [-0.15, -0.1) is 12.4 Å². The molecule has 0 spiro atoms. The number of ether oxygens (including phenoxy) is 7. The maximum atomic E-state index is 13.8. The number of amides is 3. The van der Waals surface area contributed by atoms with Gasteiger partial charge in [0.1, 0.15) is 5.60 Å². The number of carbonyl (C=O) groups excluding carboxylic acids is 3. The second-order valence-electron chi connectivity index (χ2n) is 18.1. The zero-order valence-corrected chi connectivity index (χ0v) is 42.3. The molecule has 0 aliphatic carbocycles. The molecule has 66 heavy (non-hydrogen) atoms. The van der Waals surface area contributed by atoms with Crippen LogP contribution in [0.25, 0.3) is 0 Å². The van der Waals surface area contributed by atoms with Crippen molar-refractivity contribution in [2.45, 2.75) is 142 Å². The van der Waals surface area contributed by atoms with Crippen LogP contribution in [0.4, 0.5) is 4.79 Å². The van der Waals surface area contributed by atoms with E-state index in [-0.39, 0.29) is 67.6 Å². The molecule has 2 unspecified atom stereocenters. The third-order valence-corrected chi connectivity index (χ3v) is 11.4. The number of aliphatic hydroxyl groups is 2. The molecular weight excluding hydrogens is 872 g/mol. The average molecular weight is 954 g/mol. The number of nitrogens with zero attached hydrogens (tertiary/aromatic N) is 3. The largest absolute Gasteiger partial charge is 0.493 e. The van der Waals surface area contributed by atoms with Crippen LogP contribution in [0.1, 0.15) is 121 Å². The van der Waals surface area contributed by atoms with Gasteiger partial charge < -0.3 is 63.4 Å². The molecule has 2 heterocycles. The highest BCUT2D eigenvalue weighted by Gasteiger charge is 2.39. The normalized spacial score (nSPS) is 18.4. The van der Waals surface area contributed by atoms with E-state index in [2.05, 4.69) is 5.32 Å². The molecule has 3 N–H and O–H groups in total. The third-order valence-electron chi connectivity index (χ3n) is 11.4. The van der Waals surface area contributed by atoms with Crippen molar-refractivity contribution < 1.29 is 57.8 Å². The molecule has 2 aromatic rings. The number of benzene rings is 2. The Bertz CT molecular complexity index is 1740. The van der Waals surface area contributed by atoms with Crippen molar-refractivity contribution in [3.63, 3.8) is 0 Å². The maximum Gasteiger partial charge on any atom is 0.410 e. The zero-order chi connectivity index (χ0) is 48.1. The molecule has 0 aromatic heterocycles. The zero-order valence-electron chi connectivity index (χ0n) is 41.5. The molecule has 2 aromatic carbocycles. The van der Waals surface area contributed by atoms with Gasteiger partial charge in [0, 0.05) is 108 Å². The van der Waals surface area contributed by atoms with Crippen LogP contribution in [-0.2, 0) is 14.2 Å².